The number of hydrogen-bond donors (Lipinski definition) is 2. The second-order valence-corrected chi connectivity index (χ2v) is 6.24. The fraction of sp³-hybridized carbons (Fsp3) is 0.143. The molecule has 0 unspecified atom stereocenters. The minimum atomic E-state index is -0.968. The lowest BCUT2D eigenvalue weighted by Crippen LogP contribution is -2.23. The first kappa shape index (κ1) is 14.5. The molecule has 0 bridgehead atoms. The molecule has 0 aliphatic heterocycles. The minimum absolute atomic E-state index is 0.0107. The Balaban J connectivity index is 1.82. The second-order valence-electron chi connectivity index (χ2n) is 4.01. The highest BCUT2D eigenvalue weighted by atomic mass is 32.1. The van der Waals surface area contributed by atoms with Gasteiger partial charge in [-0.1, -0.05) is 6.07 Å². The van der Waals surface area contributed by atoms with Crippen LogP contribution in [-0.2, 0) is 22.6 Å². The van der Waals surface area contributed by atoms with Gasteiger partial charge >= 0.3 is 5.97 Å². The summed E-state index contributed by atoms with van der Waals surface area (Å²) in [5.41, 5.74) is 0. The monoisotopic (exact) mass is 307 g/mol. The van der Waals surface area contributed by atoms with Crippen LogP contribution in [0.1, 0.15) is 14.6 Å². The third-order valence-electron chi connectivity index (χ3n) is 2.45. The molecule has 0 saturated carbocycles. The van der Waals surface area contributed by atoms with Gasteiger partial charge in [0.15, 0.2) is 0 Å². The number of thiophene rings is 2. The molecule has 0 radical (unpaired) electrons. The maximum atomic E-state index is 11.7. The van der Waals surface area contributed by atoms with Crippen LogP contribution in [-0.4, -0.2) is 17.0 Å². The zero-order valence-corrected chi connectivity index (χ0v) is 12.2. The number of carboxylic acid groups (broad SMARTS) is 1. The van der Waals surface area contributed by atoms with E-state index >= 15 is 0 Å². The fourth-order valence-corrected chi connectivity index (χ4v) is 3.11. The maximum Gasteiger partial charge on any atom is 0.328 e. The van der Waals surface area contributed by atoms with Crippen LogP contribution in [0.15, 0.2) is 35.7 Å². The topological polar surface area (TPSA) is 66.4 Å². The summed E-state index contributed by atoms with van der Waals surface area (Å²) < 4.78 is 0. The molecule has 0 saturated heterocycles. The van der Waals surface area contributed by atoms with Gasteiger partial charge in [0.1, 0.15) is 0 Å². The van der Waals surface area contributed by atoms with Crippen LogP contribution in [0.5, 0.6) is 0 Å². The summed E-state index contributed by atoms with van der Waals surface area (Å²) in [5.74, 6) is -0.979. The van der Waals surface area contributed by atoms with Crippen LogP contribution < -0.4 is 5.32 Å². The van der Waals surface area contributed by atoms with Gasteiger partial charge in [0.25, 0.3) is 0 Å². The van der Waals surface area contributed by atoms with Crippen LogP contribution in [0.25, 0.3) is 6.08 Å². The van der Waals surface area contributed by atoms with Crippen molar-refractivity contribution in [3.63, 3.8) is 0 Å². The number of rotatable bonds is 6. The Morgan fingerprint density at radius 2 is 2.10 bits per heavy atom. The van der Waals surface area contributed by atoms with Crippen LogP contribution in [0.2, 0.25) is 0 Å². The average molecular weight is 307 g/mol. The van der Waals surface area contributed by atoms with Crippen molar-refractivity contribution in [1.29, 1.82) is 0 Å². The Kier molecular flexibility index (Phi) is 5.09. The van der Waals surface area contributed by atoms with Crippen LogP contribution >= 0.6 is 22.7 Å². The minimum Gasteiger partial charge on any atom is -0.478 e. The normalized spacial score (nSPS) is 10.8. The standard InChI is InChI=1S/C14H13NO3S2/c16-13(8-11-2-1-7-19-11)15-9-12-4-3-10(20-12)5-6-14(17)18/h1-7H,8-9H2,(H,15,16)(H,17,18). The van der Waals surface area contributed by atoms with Crippen molar-refractivity contribution in [3.05, 3.63) is 50.4 Å². The van der Waals surface area contributed by atoms with Gasteiger partial charge in [0.2, 0.25) is 5.91 Å². The number of aliphatic carboxylic acids is 1. The molecule has 1 amide bonds. The van der Waals surface area contributed by atoms with Gasteiger partial charge in [-0.3, -0.25) is 4.79 Å². The lowest BCUT2D eigenvalue weighted by atomic mass is 10.3. The van der Waals surface area contributed by atoms with E-state index in [4.69, 9.17) is 5.11 Å². The molecule has 0 aliphatic rings. The van der Waals surface area contributed by atoms with E-state index in [1.807, 2.05) is 29.6 Å². The lowest BCUT2D eigenvalue weighted by molar-refractivity contribution is -0.131. The van der Waals surface area contributed by atoms with Gasteiger partial charge < -0.3 is 10.4 Å². The molecule has 2 aromatic heterocycles. The number of carbonyl (C=O) groups is 2. The molecule has 0 aliphatic carbocycles. The SMILES string of the molecule is O=C(O)C=Cc1ccc(CNC(=O)Cc2cccs2)s1. The molecular formula is C14H13NO3S2. The van der Waals surface area contributed by atoms with Crippen molar-refractivity contribution in [2.75, 3.05) is 0 Å². The van der Waals surface area contributed by atoms with Gasteiger partial charge in [0, 0.05) is 20.7 Å². The Bertz CT molecular complexity index is 614. The molecule has 0 aromatic carbocycles. The summed E-state index contributed by atoms with van der Waals surface area (Å²) in [6.45, 7) is 0.468. The third-order valence-corrected chi connectivity index (χ3v) is 4.37. The summed E-state index contributed by atoms with van der Waals surface area (Å²) in [6.07, 6.45) is 3.05. The molecule has 4 nitrogen and oxygen atoms in total. The molecule has 2 N–H and O–H groups in total. The van der Waals surface area contributed by atoms with E-state index < -0.39 is 5.97 Å². The smallest absolute Gasteiger partial charge is 0.328 e. The summed E-state index contributed by atoms with van der Waals surface area (Å²) in [5, 5.41) is 13.3. The van der Waals surface area contributed by atoms with Gasteiger partial charge in [-0.25, -0.2) is 4.79 Å². The molecule has 2 rings (SSSR count). The van der Waals surface area contributed by atoms with Gasteiger partial charge in [-0.15, -0.1) is 22.7 Å². The molecule has 20 heavy (non-hydrogen) atoms. The van der Waals surface area contributed by atoms with E-state index in [1.165, 1.54) is 11.3 Å². The molecule has 2 aromatic rings. The Hall–Kier alpha value is -1.92. The Morgan fingerprint density at radius 3 is 2.80 bits per heavy atom. The predicted octanol–water partition coefficient (Wildman–Crippen LogP) is 2.77. The van der Waals surface area contributed by atoms with E-state index in [2.05, 4.69) is 5.32 Å². The van der Waals surface area contributed by atoms with E-state index in [9.17, 15) is 9.59 Å². The zero-order valence-electron chi connectivity index (χ0n) is 10.5. The van der Waals surface area contributed by atoms with E-state index in [0.29, 0.717) is 13.0 Å². The first-order valence-electron chi connectivity index (χ1n) is 5.92. The third kappa shape index (κ3) is 4.64. The lowest BCUT2D eigenvalue weighted by Gasteiger charge is -2.01. The molecule has 0 fully saturated rings. The van der Waals surface area contributed by atoms with Gasteiger partial charge in [-0.05, 0) is 29.7 Å². The molecule has 0 atom stereocenters. The Morgan fingerprint density at radius 1 is 1.25 bits per heavy atom. The molecular weight excluding hydrogens is 294 g/mol. The summed E-state index contributed by atoms with van der Waals surface area (Å²) >= 11 is 3.03. The highest BCUT2D eigenvalue weighted by molar-refractivity contribution is 7.12. The van der Waals surface area contributed by atoms with Crippen molar-refractivity contribution < 1.29 is 14.7 Å². The average Bonchev–Trinajstić information content (AvgIpc) is 3.05. The van der Waals surface area contributed by atoms with Gasteiger partial charge in [-0.2, -0.15) is 0 Å². The van der Waals surface area contributed by atoms with Gasteiger partial charge in [0.05, 0.1) is 13.0 Å². The maximum absolute atomic E-state index is 11.7. The fourth-order valence-electron chi connectivity index (χ4n) is 1.55. The zero-order chi connectivity index (χ0) is 14.4. The number of nitrogens with one attached hydrogen (secondary N) is 1. The quantitative estimate of drug-likeness (QED) is 0.806. The van der Waals surface area contributed by atoms with Crippen molar-refractivity contribution in [2.24, 2.45) is 0 Å². The van der Waals surface area contributed by atoms with E-state index in [0.717, 1.165) is 20.7 Å². The van der Waals surface area contributed by atoms with Crippen molar-refractivity contribution in [1.82, 2.24) is 5.32 Å². The van der Waals surface area contributed by atoms with Crippen molar-refractivity contribution in [2.45, 2.75) is 13.0 Å². The molecule has 6 heteroatoms. The summed E-state index contributed by atoms with van der Waals surface area (Å²) in [6, 6.07) is 7.58. The van der Waals surface area contributed by atoms with Crippen LogP contribution in [0.4, 0.5) is 0 Å². The van der Waals surface area contributed by atoms with Crippen molar-refractivity contribution in [3.8, 4) is 0 Å². The first-order chi connectivity index (χ1) is 9.63. The number of hydrogen-bond acceptors (Lipinski definition) is 4. The van der Waals surface area contributed by atoms with Crippen LogP contribution in [0.3, 0.4) is 0 Å². The molecule has 104 valence electrons. The first-order valence-corrected chi connectivity index (χ1v) is 7.62. The second kappa shape index (κ2) is 7.02. The highest BCUT2D eigenvalue weighted by Gasteiger charge is 2.05. The van der Waals surface area contributed by atoms with E-state index in [1.54, 1.807) is 17.4 Å². The summed E-state index contributed by atoms with van der Waals surface area (Å²) in [7, 11) is 0. The number of carbonyl (C=O) groups excluding carboxylic acids is 1. The predicted molar refractivity (Wildman–Crippen MR) is 80.9 cm³/mol. The van der Waals surface area contributed by atoms with E-state index in [-0.39, 0.29) is 5.91 Å². The molecule has 0 spiro atoms. The van der Waals surface area contributed by atoms with Crippen molar-refractivity contribution >= 4 is 40.6 Å². The number of carboxylic acids is 1. The Labute approximate surface area is 124 Å². The molecule has 2 heterocycles. The summed E-state index contributed by atoms with van der Waals surface area (Å²) in [4.78, 5) is 25.0. The van der Waals surface area contributed by atoms with Crippen LogP contribution in [0, 0.1) is 0 Å². The highest BCUT2D eigenvalue weighted by Crippen LogP contribution is 2.18. The number of amides is 1. The largest absolute Gasteiger partial charge is 0.478 e.